The molecule has 0 unspecified atom stereocenters. The topological polar surface area (TPSA) is 17.1 Å². The smallest absolute Gasteiger partial charge is 0.189 e. The second kappa shape index (κ2) is 4.45. The third-order valence-electron chi connectivity index (χ3n) is 2.39. The van der Waals surface area contributed by atoms with Crippen LogP contribution in [0.1, 0.15) is 23.2 Å². The van der Waals surface area contributed by atoms with E-state index in [4.69, 9.17) is 11.6 Å². The fourth-order valence-electron chi connectivity index (χ4n) is 1.62. The van der Waals surface area contributed by atoms with E-state index in [9.17, 15) is 4.79 Å². The van der Waals surface area contributed by atoms with Gasteiger partial charge < -0.3 is 0 Å². The Bertz CT molecular complexity index is 429. The summed E-state index contributed by atoms with van der Waals surface area (Å²) < 4.78 is 0. The summed E-state index contributed by atoms with van der Waals surface area (Å²) in [5, 5.41) is 0.667. The molecule has 0 fully saturated rings. The van der Waals surface area contributed by atoms with Gasteiger partial charge in [0.15, 0.2) is 5.78 Å². The Kier molecular flexibility index (Phi) is 3.02. The molecule has 1 nitrogen and oxygen atoms in total. The first kappa shape index (κ1) is 10.2. The van der Waals surface area contributed by atoms with Crippen molar-refractivity contribution in [3.63, 3.8) is 0 Å². The van der Waals surface area contributed by atoms with Crippen molar-refractivity contribution in [1.82, 2.24) is 0 Å². The van der Waals surface area contributed by atoms with Crippen molar-refractivity contribution < 1.29 is 4.79 Å². The normalized spacial score (nSPS) is 15.5. The molecule has 0 atom stereocenters. The van der Waals surface area contributed by atoms with Crippen LogP contribution in [0.2, 0.25) is 0 Å². The van der Waals surface area contributed by atoms with Crippen molar-refractivity contribution >= 4 is 17.4 Å². The van der Waals surface area contributed by atoms with Crippen LogP contribution in [0, 0.1) is 0 Å². The monoisotopic (exact) mass is 218 g/mol. The molecule has 0 heterocycles. The molecule has 2 rings (SSSR count). The minimum absolute atomic E-state index is 0.0850. The minimum Gasteiger partial charge on any atom is -0.289 e. The van der Waals surface area contributed by atoms with Crippen LogP contribution in [-0.4, -0.2) is 5.78 Å². The summed E-state index contributed by atoms with van der Waals surface area (Å²) in [5.41, 5.74) is 1.53. The summed E-state index contributed by atoms with van der Waals surface area (Å²) in [5.74, 6) is 0.0850. The van der Waals surface area contributed by atoms with Crippen molar-refractivity contribution in [1.29, 1.82) is 0 Å². The summed E-state index contributed by atoms with van der Waals surface area (Å²) in [7, 11) is 0. The molecule has 0 aliphatic heterocycles. The molecule has 1 aliphatic carbocycles. The Morgan fingerprint density at radius 2 is 1.93 bits per heavy atom. The summed E-state index contributed by atoms with van der Waals surface area (Å²) in [4.78, 5) is 12.0. The van der Waals surface area contributed by atoms with Gasteiger partial charge in [-0.1, -0.05) is 48.0 Å². The van der Waals surface area contributed by atoms with Crippen LogP contribution in [0.3, 0.4) is 0 Å². The minimum atomic E-state index is 0.0850. The van der Waals surface area contributed by atoms with E-state index in [-0.39, 0.29) is 5.78 Å². The number of hydrogen-bond donors (Lipinski definition) is 0. The molecule has 1 aromatic carbocycles. The van der Waals surface area contributed by atoms with Crippen LogP contribution < -0.4 is 0 Å². The molecule has 0 spiro atoms. The summed E-state index contributed by atoms with van der Waals surface area (Å²) in [6.07, 6.45) is 5.33. The van der Waals surface area contributed by atoms with E-state index in [1.807, 2.05) is 36.4 Å². The van der Waals surface area contributed by atoms with Crippen LogP contribution in [0.25, 0.3) is 0 Å². The van der Waals surface area contributed by atoms with E-state index >= 15 is 0 Å². The van der Waals surface area contributed by atoms with Crippen LogP contribution in [0.4, 0.5) is 0 Å². The lowest BCUT2D eigenvalue weighted by atomic mass is 9.96. The summed E-state index contributed by atoms with van der Waals surface area (Å²) in [6, 6.07) is 9.30. The van der Waals surface area contributed by atoms with Gasteiger partial charge in [-0.05, 0) is 18.9 Å². The van der Waals surface area contributed by atoms with E-state index in [2.05, 4.69) is 0 Å². The van der Waals surface area contributed by atoms with Gasteiger partial charge in [0.05, 0.1) is 0 Å². The van der Waals surface area contributed by atoms with Gasteiger partial charge >= 0.3 is 0 Å². The standard InChI is InChI=1S/C13H11ClO/c14-12-8-4-7-11(9-12)13(15)10-5-2-1-3-6-10/h1-3,5-6,8-9H,4,7H2. The molecule has 0 saturated carbocycles. The van der Waals surface area contributed by atoms with Crippen molar-refractivity contribution in [2.24, 2.45) is 0 Å². The number of allylic oxidation sites excluding steroid dienone is 4. The van der Waals surface area contributed by atoms with Gasteiger partial charge in [0.2, 0.25) is 0 Å². The highest BCUT2D eigenvalue weighted by molar-refractivity contribution is 6.31. The number of rotatable bonds is 2. The molecule has 0 bridgehead atoms. The van der Waals surface area contributed by atoms with E-state index in [0.29, 0.717) is 5.03 Å². The molecule has 0 saturated heterocycles. The van der Waals surface area contributed by atoms with Crippen molar-refractivity contribution in [3.05, 3.63) is 58.7 Å². The quantitative estimate of drug-likeness (QED) is 0.692. The number of carbonyl (C=O) groups excluding carboxylic acids is 1. The zero-order valence-corrected chi connectivity index (χ0v) is 9.00. The maximum Gasteiger partial charge on any atom is 0.189 e. The predicted molar refractivity (Wildman–Crippen MR) is 62.0 cm³/mol. The molecule has 0 aromatic heterocycles. The van der Waals surface area contributed by atoms with Crippen molar-refractivity contribution in [2.75, 3.05) is 0 Å². The van der Waals surface area contributed by atoms with Gasteiger partial charge in [-0.3, -0.25) is 4.79 Å². The van der Waals surface area contributed by atoms with Gasteiger partial charge in [-0.15, -0.1) is 0 Å². The van der Waals surface area contributed by atoms with Crippen molar-refractivity contribution in [3.8, 4) is 0 Å². The summed E-state index contributed by atoms with van der Waals surface area (Å²) >= 11 is 5.88. The summed E-state index contributed by atoms with van der Waals surface area (Å²) in [6.45, 7) is 0. The fraction of sp³-hybridized carbons (Fsp3) is 0.154. The van der Waals surface area contributed by atoms with Crippen LogP contribution in [-0.2, 0) is 0 Å². The third kappa shape index (κ3) is 2.37. The Morgan fingerprint density at radius 1 is 1.20 bits per heavy atom. The van der Waals surface area contributed by atoms with Gasteiger partial charge in [0.1, 0.15) is 0 Å². The lowest BCUT2D eigenvalue weighted by Crippen LogP contribution is -2.05. The third-order valence-corrected chi connectivity index (χ3v) is 2.66. The number of benzene rings is 1. The molecular formula is C13H11ClO. The van der Waals surface area contributed by atoms with E-state index < -0.39 is 0 Å². The van der Waals surface area contributed by atoms with Crippen molar-refractivity contribution in [2.45, 2.75) is 12.8 Å². The van der Waals surface area contributed by atoms with Gasteiger partial charge in [-0.25, -0.2) is 0 Å². The zero-order valence-electron chi connectivity index (χ0n) is 8.24. The van der Waals surface area contributed by atoms with E-state index in [0.717, 1.165) is 24.0 Å². The largest absolute Gasteiger partial charge is 0.289 e. The molecule has 0 radical (unpaired) electrons. The van der Waals surface area contributed by atoms with Crippen LogP contribution >= 0.6 is 11.6 Å². The Hall–Kier alpha value is -1.34. The van der Waals surface area contributed by atoms with E-state index in [1.54, 1.807) is 6.08 Å². The number of halogens is 1. The second-order valence-electron chi connectivity index (χ2n) is 3.49. The SMILES string of the molecule is O=C(C1=CC(Cl)=CCC1)c1ccccc1. The second-order valence-corrected chi connectivity index (χ2v) is 3.93. The zero-order chi connectivity index (χ0) is 10.7. The lowest BCUT2D eigenvalue weighted by Gasteiger charge is -2.09. The fourth-order valence-corrected chi connectivity index (χ4v) is 1.86. The highest BCUT2D eigenvalue weighted by Gasteiger charge is 2.13. The first-order valence-electron chi connectivity index (χ1n) is 4.93. The number of carbonyl (C=O) groups is 1. The van der Waals surface area contributed by atoms with E-state index in [1.165, 1.54) is 0 Å². The molecule has 1 aromatic rings. The predicted octanol–water partition coefficient (Wildman–Crippen LogP) is 3.71. The molecule has 2 heteroatoms. The molecule has 15 heavy (non-hydrogen) atoms. The Morgan fingerprint density at radius 3 is 2.60 bits per heavy atom. The maximum atomic E-state index is 12.0. The van der Waals surface area contributed by atoms with Gasteiger partial charge in [0, 0.05) is 16.2 Å². The maximum absolute atomic E-state index is 12.0. The lowest BCUT2D eigenvalue weighted by molar-refractivity contribution is 0.103. The van der Waals surface area contributed by atoms with Crippen LogP contribution in [0.5, 0.6) is 0 Å². The average molecular weight is 219 g/mol. The highest BCUT2D eigenvalue weighted by Crippen LogP contribution is 2.22. The van der Waals surface area contributed by atoms with Crippen LogP contribution in [0.15, 0.2) is 53.1 Å². The molecule has 1 aliphatic rings. The molecule has 76 valence electrons. The van der Waals surface area contributed by atoms with Gasteiger partial charge in [0.25, 0.3) is 0 Å². The number of ketones is 1. The first-order chi connectivity index (χ1) is 7.27. The number of hydrogen-bond acceptors (Lipinski definition) is 1. The Labute approximate surface area is 94.1 Å². The number of Topliss-reactive ketones (excluding diaryl/α,β-unsaturated/α-hetero) is 1. The first-order valence-corrected chi connectivity index (χ1v) is 5.31. The molecule has 0 amide bonds. The van der Waals surface area contributed by atoms with Gasteiger partial charge in [-0.2, -0.15) is 0 Å². The molecule has 0 N–H and O–H groups in total. The Balaban J connectivity index is 2.26. The highest BCUT2D eigenvalue weighted by atomic mass is 35.5. The average Bonchev–Trinajstić information content (AvgIpc) is 2.29. The molecular weight excluding hydrogens is 208 g/mol.